The normalized spacial score (nSPS) is 10.2. The van der Waals surface area contributed by atoms with Crippen molar-refractivity contribution in [3.05, 3.63) is 0 Å². The lowest BCUT2D eigenvalue weighted by Gasteiger charge is -2.08. The molecule has 0 radical (unpaired) electrons. The predicted octanol–water partition coefficient (Wildman–Crippen LogP) is -3.97. The van der Waals surface area contributed by atoms with Crippen molar-refractivity contribution in [2.24, 2.45) is 5.73 Å². The van der Waals surface area contributed by atoms with E-state index in [9.17, 15) is 14.4 Å². The molecule has 128 valence electrons. The molecule has 22 heavy (non-hydrogen) atoms. The molecule has 0 bridgehead atoms. The number of nitrogens with one attached hydrogen (secondary N) is 5. The van der Waals surface area contributed by atoms with E-state index in [2.05, 4.69) is 26.6 Å². The number of hydrogen-bond acceptors (Lipinski definition) is 7. The van der Waals surface area contributed by atoms with Gasteiger partial charge in [0.25, 0.3) is 0 Å². The summed E-state index contributed by atoms with van der Waals surface area (Å²) in [7, 11) is 0. The van der Waals surface area contributed by atoms with Gasteiger partial charge in [-0.3, -0.25) is 14.4 Å². The molecule has 10 heteroatoms. The first-order valence-electron chi connectivity index (χ1n) is 7.13. The van der Waals surface area contributed by atoms with Crippen molar-refractivity contribution in [1.29, 1.82) is 0 Å². The maximum Gasteiger partial charge on any atom is 0.317 e. The van der Waals surface area contributed by atoms with Crippen LogP contribution in [0.5, 0.6) is 0 Å². The minimum absolute atomic E-state index is 0.121. The highest BCUT2D eigenvalue weighted by Crippen LogP contribution is 1.68. The van der Waals surface area contributed by atoms with Crippen LogP contribution in [0.2, 0.25) is 0 Å². The quantitative estimate of drug-likeness (QED) is 0.160. The Hall–Kier alpha value is -1.75. The van der Waals surface area contributed by atoms with Gasteiger partial charge in [0.05, 0.1) is 19.6 Å². The van der Waals surface area contributed by atoms with Crippen LogP contribution in [0.4, 0.5) is 0 Å². The standard InChI is InChI=1S/C12H26N6O4/c13-1-2-14-7-10(19)17-5-3-15-8-11(20)18-6-4-16-9-12(21)22/h14-16H,1-9,13H2,(H,17,19)(H,18,20)(H,21,22). The molecular weight excluding hydrogens is 292 g/mol. The number of rotatable bonds is 14. The summed E-state index contributed by atoms with van der Waals surface area (Å²) in [6.07, 6.45) is 0. The lowest BCUT2D eigenvalue weighted by molar-refractivity contribution is -0.136. The van der Waals surface area contributed by atoms with Gasteiger partial charge in [-0.1, -0.05) is 0 Å². The summed E-state index contributed by atoms with van der Waals surface area (Å²) in [6.45, 7) is 2.96. The molecule has 0 aliphatic rings. The Morgan fingerprint density at radius 2 is 1.18 bits per heavy atom. The summed E-state index contributed by atoms with van der Waals surface area (Å²) in [5.74, 6) is -1.24. The smallest absolute Gasteiger partial charge is 0.317 e. The van der Waals surface area contributed by atoms with E-state index in [-0.39, 0.29) is 31.4 Å². The average molecular weight is 318 g/mol. The van der Waals surface area contributed by atoms with Crippen molar-refractivity contribution in [2.75, 3.05) is 58.9 Å². The van der Waals surface area contributed by atoms with Gasteiger partial charge >= 0.3 is 5.97 Å². The third kappa shape index (κ3) is 14.7. The lowest BCUT2D eigenvalue weighted by Crippen LogP contribution is -2.42. The third-order valence-electron chi connectivity index (χ3n) is 2.42. The third-order valence-corrected chi connectivity index (χ3v) is 2.42. The molecule has 0 rings (SSSR count). The van der Waals surface area contributed by atoms with E-state index >= 15 is 0 Å². The van der Waals surface area contributed by atoms with Crippen LogP contribution in [0, 0.1) is 0 Å². The van der Waals surface area contributed by atoms with Crippen LogP contribution in [0.25, 0.3) is 0 Å². The number of carboxylic acids is 1. The van der Waals surface area contributed by atoms with Crippen molar-refractivity contribution in [3.8, 4) is 0 Å². The van der Waals surface area contributed by atoms with Gasteiger partial charge in [0, 0.05) is 39.3 Å². The molecule has 0 aromatic heterocycles. The van der Waals surface area contributed by atoms with Crippen LogP contribution in [0.3, 0.4) is 0 Å². The molecule has 0 aliphatic heterocycles. The predicted molar refractivity (Wildman–Crippen MR) is 81.3 cm³/mol. The second-order valence-corrected chi connectivity index (χ2v) is 4.41. The maximum atomic E-state index is 11.4. The number of carboxylic acid groups (broad SMARTS) is 1. The Kier molecular flexibility index (Phi) is 13.1. The van der Waals surface area contributed by atoms with Crippen molar-refractivity contribution in [2.45, 2.75) is 0 Å². The molecule has 0 fully saturated rings. The van der Waals surface area contributed by atoms with E-state index in [1.807, 2.05) is 0 Å². The molecule has 0 atom stereocenters. The van der Waals surface area contributed by atoms with Crippen molar-refractivity contribution >= 4 is 17.8 Å². The fourth-order valence-electron chi connectivity index (χ4n) is 1.41. The van der Waals surface area contributed by atoms with E-state index in [0.29, 0.717) is 39.3 Å². The molecule has 0 aromatic carbocycles. The van der Waals surface area contributed by atoms with E-state index < -0.39 is 5.97 Å². The molecule has 0 saturated heterocycles. The van der Waals surface area contributed by atoms with Crippen LogP contribution in [0.1, 0.15) is 0 Å². The summed E-state index contributed by atoms with van der Waals surface area (Å²) in [6, 6.07) is 0. The van der Waals surface area contributed by atoms with Gasteiger partial charge < -0.3 is 37.4 Å². The molecule has 0 aromatic rings. The van der Waals surface area contributed by atoms with Gasteiger partial charge in [0.15, 0.2) is 0 Å². The molecule has 0 aliphatic carbocycles. The second-order valence-electron chi connectivity index (χ2n) is 4.41. The first-order valence-corrected chi connectivity index (χ1v) is 7.13. The van der Waals surface area contributed by atoms with Crippen LogP contribution in [0.15, 0.2) is 0 Å². The molecule has 0 heterocycles. The monoisotopic (exact) mass is 318 g/mol. The minimum atomic E-state index is -0.937. The van der Waals surface area contributed by atoms with Crippen LogP contribution < -0.4 is 32.3 Å². The zero-order valence-corrected chi connectivity index (χ0v) is 12.6. The average Bonchev–Trinajstić information content (AvgIpc) is 2.46. The van der Waals surface area contributed by atoms with Gasteiger partial charge in [-0.05, 0) is 0 Å². The van der Waals surface area contributed by atoms with E-state index in [1.165, 1.54) is 0 Å². The Bertz CT molecular complexity index is 340. The number of carbonyl (C=O) groups excluding carboxylic acids is 2. The zero-order chi connectivity index (χ0) is 16.6. The number of hydrogen-bond donors (Lipinski definition) is 7. The summed E-state index contributed by atoms with van der Waals surface area (Å²) < 4.78 is 0. The SMILES string of the molecule is NCCNCC(=O)NCCNCC(=O)NCCNCC(=O)O. The highest BCUT2D eigenvalue weighted by atomic mass is 16.4. The van der Waals surface area contributed by atoms with Gasteiger partial charge in [0.2, 0.25) is 11.8 Å². The van der Waals surface area contributed by atoms with E-state index in [0.717, 1.165) is 0 Å². The number of nitrogens with two attached hydrogens (primary N) is 1. The highest BCUT2D eigenvalue weighted by molar-refractivity contribution is 5.78. The van der Waals surface area contributed by atoms with Gasteiger partial charge in [-0.2, -0.15) is 0 Å². The molecule has 0 saturated carbocycles. The molecule has 2 amide bonds. The summed E-state index contributed by atoms with van der Waals surface area (Å²) >= 11 is 0. The zero-order valence-electron chi connectivity index (χ0n) is 12.6. The highest BCUT2D eigenvalue weighted by Gasteiger charge is 2.01. The Morgan fingerprint density at radius 1 is 0.727 bits per heavy atom. The topological polar surface area (TPSA) is 158 Å². The fourth-order valence-corrected chi connectivity index (χ4v) is 1.41. The number of amides is 2. The molecule has 0 spiro atoms. The molecule has 10 nitrogen and oxygen atoms in total. The summed E-state index contributed by atoms with van der Waals surface area (Å²) in [5.41, 5.74) is 5.28. The van der Waals surface area contributed by atoms with Crippen molar-refractivity contribution in [3.63, 3.8) is 0 Å². The van der Waals surface area contributed by atoms with Crippen LogP contribution >= 0.6 is 0 Å². The largest absolute Gasteiger partial charge is 0.480 e. The van der Waals surface area contributed by atoms with Gasteiger partial charge in [-0.15, -0.1) is 0 Å². The minimum Gasteiger partial charge on any atom is -0.480 e. The Labute approximate surface area is 129 Å². The molecule has 8 N–H and O–H groups in total. The number of carbonyl (C=O) groups is 3. The summed E-state index contributed by atoms with van der Waals surface area (Å²) in [5, 5.41) is 22.1. The lowest BCUT2D eigenvalue weighted by atomic mass is 10.5. The van der Waals surface area contributed by atoms with Gasteiger partial charge in [-0.25, -0.2) is 0 Å². The fraction of sp³-hybridized carbons (Fsp3) is 0.750. The summed E-state index contributed by atoms with van der Waals surface area (Å²) in [4.78, 5) is 32.9. The molecular formula is C12H26N6O4. The first-order chi connectivity index (χ1) is 10.6. The van der Waals surface area contributed by atoms with Crippen LogP contribution in [-0.2, 0) is 14.4 Å². The van der Waals surface area contributed by atoms with Crippen LogP contribution in [-0.4, -0.2) is 81.8 Å². The van der Waals surface area contributed by atoms with Gasteiger partial charge in [0.1, 0.15) is 0 Å². The Balaban J connectivity index is 3.34. The molecule has 0 unspecified atom stereocenters. The maximum absolute atomic E-state index is 11.4. The van der Waals surface area contributed by atoms with E-state index in [1.54, 1.807) is 0 Å². The first kappa shape index (κ1) is 20.2. The Morgan fingerprint density at radius 3 is 1.64 bits per heavy atom. The second kappa shape index (κ2) is 14.2. The number of aliphatic carboxylic acids is 1. The van der Waals surface area contributed by atoms with Crippen molar-refractivity contribution in [1.82, 2.24) is 26.6 Å². The van der Waals surface area contributed by atoms with E-state index in [4.69, 9.17) is 10.8 Å². The van der Waals surface area contributed by atoms with Crippen molar-refractivity contribution < 1.29 is 19.5 Å².